The quantitative estimate of drug-likeness (QED) is 0.880. The molecule has 2 fully saturated rings. The van der Waals surface area contributed by atoms with Crippen molar-refractivity contribution in [3.8, 4) is 10.6 Å². The van der Waals surface area contributed by atoms with Crippen LogP contribution < -0.4 is 5.32 Å². The number of likely N-dealkylation sites (tertiary alicyclic amines) is 1. The summed E-state index contributed by atoms with van der Waals surface area (Å²) in [7, 11) is 0. The summed E-state index contributed by atoms with van der Waals surface area (Å²) in [5, 5.41) is 5.90. The van der Waals surface area contributed by atoms with E-state index in [1.54, 1.807) is 11.3 Å². The Morgan fingerprint density at radius 3 is 2.77 bits per heavy atom. The van der Waals surface area contributed by atoms with Crippen LogP contribution in [0, 0.1) is 5.92 Å². The van der Waals surface area contributed by atoms with Gasteiger partial charge in [0.05, 0.1) is 18.2 Å². The molecule has 1 aliphatic carbocycles. The first kappa shape index (κ1) is 17.2. The minimum Gasteiger partial charge on any atom is -0.350 e. The van der Waals surface area contributed by atoms with Gasteiger partial charge in [0.1, 0.15) is 5.01 Å². The average molecular weight is 369 g/mol. The van der Waals surface area contributed by atoms with Crippen LogP contribution in [0.1, 0.15) is 37.8 Å². The molecule has 0 bridgehead atoms. The first-order chi connectivity index (χ1) is 12.7. The first-order valence-electron chi connectivity index (χ1n) is 9.28. The number of nitrogens with zero attached hydrogens (tertiary/aromatic N) is 2. The third kappa shape index (κ3) is 3.65. The van der Waals surface area contributed by atoms with Crippen LogP contribution in [0.3, 0.4) is 0 Å². The van der Waals surface area contributed by atoms with Gasteiger partial charge in [0.2, 0.25) is 11.8 Å². The maximum absolute atomic E-state index is 12.5. The molecule has 1 saturated heterocycles. The van der Waals surface area contributed by atoms with Crippen LogP contribution >= 0.6 is 11.3 Å². The Morgan fingerprint density at radius 1 is 1.23 bits per heavy atom. The molecule has 0 spiro atoms. The average Bonchev–Trinajstić information content (AvgIpc) is 3.41. The molecule has 1 atom stereocenters. The van der Waals surface area contributed by atoms with E-state index in [-0.39, 0.29) is 17.7 Å². The number of nitrogens with one attached hydrogen (secondary N) is 1. The molecule has 1 unspecified atom stereocenters. The third-order valence-electron chi connectivity index (χ3n) is 5.31. The Balaban J connectivity index is 1.32. The van der Waals surface area contributed by atoms with Crippen LogP contribution in [0.4, 0.5) is 0 Å². The van der Waals surface area contributed by atoms with Crippen molar-refractivity contribution in [1.29, 1.82) is 0 Å². The molecular weight excluding hydrogens is 346 g/mol. The van der Waals surface area contributed by atoms with Crippen molar-refractivity contribution in [2.45, 2.75) is 44.7 Å². The van der Waals surface area contributed by atoms with Gasteiger partial charge in [0.25, 0.3) is 0 Å². The number of hydrogen-bond acceptors (Lipinski definition) is 4. The maximum Gasteiger partial charge on any atom is 0.225 e. The summed E-state index contributed by atoms with van der Waals surface area (Å²) in [6, 6.07) is 10.4. The molecule has 0 radical (unpaired) electrons. The van der Waals surface area contributed by atoms with E-state index in [9.17, 15) is 9.59 Å². The van der Waals surface area contributed by atoms with Gasteiger partial charge in [-0.3, -0.25) is 9.59 Å². The second-order valence-corrected chi connectivity index (χ2v) is 7.97. The first-order valence-corrected chi connectivity index (χ1v) is 10.2. The number of carbonyl (C=O) groups is 2. The van der Waals surface area contributed by atoms with E-state index in [1.165, 1.54) is 12.8 Å². The summed E-state index contributed by atoms with van der Waals surface area (Å²) in [6.45, 7) is 0.984. The predicted octanol–water partition coefficient (Wildman–Crippen LogP) is 3.22. The molecule has 26 heavy (non-hydrogen) atoms. The normalized spacial score (nSPS) is 20.7. The summed E-state index contributed by atoms with van der Waals surface area (Å²) in [5.41, 5.74) is 1.95. The molecule has 4 rings (SSSR count). The Labute approximate surface area is 157 Å². The van der Waals surface area contributed by atoms with Crippen LogP contribution in [0.2, 0.25) is 0 Å². The van der Waals surface area contributed by atoms with Gasteiger partial charge < -0.3 is 10.2 Å². The summed E-state index contributed by atoms with van der Waals surface area (Å²) in [5.74, 6) is -0.125. The molecule has 136 valence electrons. The van der Waals surface area contributed by atoms with Gasteiger partial charge in [-0.1, -0.05) is 43.2 Å². The summed E-state index contributed by atoms with van der Waals surface area (Å²) < 4.78 is 0. The van der Waals surface area contributed by atoms with Crippen LogP contribution in [-0.4, -0.2) is 34.3 Å². The Bertz CT molecular complexity index is 783. The molecule has 5 nitrogen and oxygen atoms in total. The summed E-state index contributed by atoms with van der Waals surface area (Å²) >= 11 is 1.58. The van der Waals surface area contributed by atoms with Gasteiger partial charge in [0, 0.05) is 30.0 Å². The Morgan fingerprint density at radius 2 is 2.00 bits per heavy atom. The minimum atomic E-state index is -0.227. The zero-order valence-electron chi connectivity index (χ0n) is 14.7. The van der Waals surface area contributed by atoms with Crippen LogP contribution in [0.5, 0.6) is 0 Å². The lowest BCUT2D eigenvalue weighted by molar-refractivity contribution is -0.130. The van der Waals surface area contributed by atoms with Crippen molar-refractivity contribution in [1.82, 2.24) is 15.2 Å². The zero-order chi connectivity index (χ0) is 17.9. The number of amides is 2. The van der Waals surface area contributed by atoms with Crippen molar-refractivity contribution in [2.24, 2.45) is 5.92 Å². The molecule has 1 aromatic heterocycles. The summed E-state index contributed by atoms with van der Waals surface area (Å²) in [6.07, 6.45) is 4.90. The van der Waals surface area contributed by atoms with Crippen LogP contribution in [-0.2, 0) is 16.1 Å². The SMILES string of the molecule is O=C(NCc1csc(-c2ccccc2)n1)C1CC(=O)N(C2CCCC2)C1. The molecule has 2 amide bonds. The third-order valence-corrected chi connectivity index (χ3v) is 6.25. The van der Waals surface area contributed by atoms with Gasteiger partial charge >= 0.3 is 0 Å². The predicted molar refractivity (Wildman–Crippen MR) is 101 cm³/mol. The Kier molecular flexibility index (Phi) is 5.02. The van der Waals surface area contributed by atoms with E-state index in [0.29, 0.717) is 25.6 Å². The minimum absolute atomic E-state index is 0.0342. The van der Waals surface area contributed by atoms with Gasteiger partial charge in [-0.25, -0.2) is 4.98 Å². The number of aromatic nitrogens is 1. The lowest BCUT2D eigenvalue weighted by atomic mass is 10.1. The Hall–Kier alpha value is -2.21. The largest absolute Gasteiger partial charge is 0.350 e. The maximum atomic E-state index is 12.5. The van der Waals surface area contributed by atoms with E-state index in [1.807, 2.05) is 40.6 Å². The molecule has 2 aliphatic rings. The molecule has 1 aliphatic heterocycles. The zero-order valence-corrected chi connectivity index (χ0v) is 15.5. The van der Waals surface area contributed by atoms with E-state index >= 15 is 0 Å². The molecule has 1 N–H and O–H groups in total. The number of carbonyl (C=O) groups excluding carboxylic acids is 2. The van der Waals surface area contributed by atoms with Crippen LogP contribution in [0.25, 0.3) is 10.6 Å². The molecule has 2 heterocycles. The lowest BCUT2D eigenvalue weighted by Gasteiger charge is -2.23. The van der Waals surface area contributed by atoms with E-state index in [4.69, 9.17) is 0 Å². The number of benzene rings is 1. The topological polar surface area (TPSA) is 62.3 Å². The van der Waals surface area contributed by atoms with Crippen molar-refractivity contribution in [3.63, 3.8) is 0 Å². The fourth-order valence-corrected chi connectivity index (χ4v) is 4.73. The monoisotopic (exact) mass is 369 g/mol. The molecule has 1 aromatic carbocycles. The second-order valence-electron chi connectivity index (χ2n) is 7.11. The van der Waals surface area contributed by atoms with Crippen molar-refractivity contribution < 1.29 is 9.59 Å². The number of hydrogen-bond donors (Lipinski definition) is 1. The van der Waals surface area contributed by atoms with Gasteiger partial charge in [-0.05, 0) is 12.8 Å². The smallest absolute Gasteiger partial charge is 0.225 e. The molecule has 6 heteroatoms. The standard InChI is InChI=1S/C20H23N3O2S/c24-18-10-15(12-23(18)17-8-4-5-9-17)19(25)21-11-16-13-26-20(22-16)14-6-2-1-3-7-14/h1-3,6-7,13,15,17H,4-5,8-12H2,(H,21,25). The van der Waals surface area contributed by atoms with Crippen molar-refractivity contribution in [3.05, 3.63) is 41.4 Å². The van der Waals surface area contributed by atoms with E-state index in [2.05, 4.69) is 10.3 Å². The van der Waals surface area contributed by atoms with E-state index in [0.717, 1.165) is 29.1 Å². The second kappa shape index (κ2) is 7.58. The van der Waals surface area contributed by atoms with Crippen LogP contribution in [0.15, 0.2) is 35.7 Å². The summed E-state index contributed by atoms with van der Waals surface area (Å²) in [4.78, 5) is 31.3. The number of rotatable bonds is 5. The highest BCUT2D eigenvalue weighted by Crippen LogP contribution is 2.29. The van der Waals surface area contributed by atoms with Gasteiger partial charge in [-0.15, -0.1) is 11.3 Å². The van der Waals surface area contributed by atoms with Gasteiger partial charge in [0.15, 0.2) is 0 Å². The van der Waals surface area contributed by atoms with E-state index < -0.39 is 0 Å². The highest BCUT2D eigenvalue weighted by molar-refractivity contribution is 7.13. The molecule has 1 saturated carbocycles. The fraction of sp³-hybridized carbons (Fsp3) is 0.450. The molecule has 2 aromatic rings. The highest BCUT2D eigenvalue weighted by atomic mass is 32.1. The number of thiazole rings is 1. The van der Waals surface area contributed by atoms with Crippen molar-refractivity contribution in [2.75, 3.05) is 6.54 Å². The van der Waals surface area contributed by atoms with Crippen molar-refractivity contribution >= 4 is 23.2 Å². The lowest BCUT2D eigenvalue weighted by Crippen LogP contribution is -2.36. The fourth-order valence-electron chi connectivity index (χ4n) is 3.90. The molecular formula is C20H23N3O2S. The highest BCUT2D eigenvalue weighted by Gasteiger charge is 2.38. The van der Waals surface area contributed by atoms with Gasteiger partial charge in [-0.2, -0.15) is 0 Å².